The molecule has 0 spiro atoms. The lowest BCUT2D eigenvalue weighted by Gasteiger charge is -2.09. The molecule has 0 saturated heterocycles. The van der Waals surface area contributed by atoms with Crippen LogP contribution >= 0.6 is 0 Å². The Hall–Kier alpha value is -2.19. The van der Waals surface area contributed by atoms with Gasteiger partial charge in [0.25, 0.3) is 5.78 Å². The number of carbonyl (C=O) groups is 1. The zero-order chi connectivity index (χ0) is 18.9. The smallest absolute Gasteiger partial charge is 0.454 e. The molecule has 1 aromatic heterocycles. The average Bonchev–Trinajstić information content (AvgIpc) is 2.87. The van der Waals surface area contributed by atoms with Gasteiger partial charge in [-0.1, -0.05) is 13.8 Å². The molecule has 2 aromatic rings. The number of aromatic amines is 1. The van der Waals surface area contributed by atoms with E-state index in [0.29, 0.717) is 0 Å². The first-order valence-electron chi connectivity index (χ1n) is 6.86. The topological polar surface area (TPSA) is 42.1 Å². The fourth-order valence-corrected chi connectivity index (χ4v) is 2.15. The molecule has 9 heteroatoms. The van der Waals surface area contributed by atoms with E-state index >= 15 is 0 Å². The zero-order valence-electron chi connectivity index (χ0n) is 13.2. The highest BCUT2D eigenvalue weighted by atomic mass is 19.4. The molecule has 1 N–H and O–H groups in total. The van der Waals surface area contributed by atoms with Crippen LogP contribution in [-0.2, 0) is 6.18 Å². The fourth-order valence-electron chi connectivity index (χ4n) is 2.15. The summed E-state index contributed by atoms with van der Waals surface area (Å²) in [5, 5.41) is -0.480. The predicted molar refractivity (Wildman–Crippen MR) is 76.3 cm³/mol. The van der Waals surface area contributed by atoms with Gasteiger partial charge in [0.15, 0.2) is 0 Å². The number of hydrogen-bond donors (Lipinski definition) is 1. The maximum absolute atomic E-state index is 13.0. The Balaban J connectivity index is 0.00000139. The van der Waals surface area contributed by atoms with Gasteiger partial charge in [0.2, 0.25) is 0 Å². The first-order chi connectivity index (χ1) is 11.0. The number of aromatic nitrogens is 1. The van der Waals surface area contributed by atoms with E-state index in [0.717, 1.165) is 6.07 Å². The summed E-state index contributed by atoms with van der Waals surface area (Å²) in [6, 6.07) is 2.31. The molecule has 0 aliphatic heterocycles. The van der Waals surface area contributed by atoms with Crippen LogP contribution in [0.4, 0.5) is 26.3 Å². The number of ether oxygens (including phenoxy) is 1. The van der Waals surface area contributed by atoms with Crippen molar-refractivity contribution >= 4 is 16.7 Å². The standard InChI is InChI=1S/C13H9F6NO2.C2H6/c1-5-3-6(22-2)4-7-8(11(21)13(17,18)19)10(12(14,15)16)20-9(5)7;1-2/h3-4,20H,1-2H3;1-2H3. The van der Waals surface area contributed by atoms with Crippen molar-refractivity contribution in [3.8, 4) is 5.75 Å². The van der Waals surface area contributed by atoms with Gasteiger partial charge >= 0.3 is 12.4 Å². The van der Waals surface area contributed by atoms with Crippen LogP contribution in [0, 0.1) is 6.92 Å². The third-order valence-corrected chi connectivity index (χ3v) is 3.08. The van der Waals surface area contributed by atoms with Crippen LogP contribution in [0.5, 0.6) is 5.75 Å². The minimum Gasteiger partial charge on any atom is -0.497 e. The third kappa shape index (κ3) is 3.65. The van der Waals surface area contributed by atoms with Gasteiger partial charge in [-0.2, -0.15) is 26.3 Å². The molecule has 0 bridgehead atoms. The van der Waals surface area contributed by atoms with Crippen molar-refractivity contribution in [1.29, 1.82) is 0 Å². The number of nitrogens with one attached hydrogen (secondary N) is 1. The average molecular weight is 355 g/mol. The number of alkyl halides is 6. The number of benzene rings is 1. The van der Waals surface area contributed by atoms with Gasteiger partial charge in [-0.15, -0.1) is 0 Å². The van der Waals surface area contributed by atoms with Crippen molar-refractivity contribution in [3.63, 3.8) is 0 Å². The zero-order valence-corrected chi connectivity index (χ0v) is 13.2. The molecule has 1 heterocycles. The van der Waals surface area contributed by atoms with Crippen molar-refractivity contribution in [1.82, 2.24) is 4.98 Å². The number of hydrogen-bond acceptors (Lipinski definition) is 2. The highest BCUT2D eigenvalue weighted by molar-refractivity contribution is 6.12. The minimum atomic E-state index is -5.42. The summed E-state index contributed by atoms with van der Waals surface area (Å²) >= 11 is 0. The van der Waals surface area contributed by atoms with Gasteiger partial charge < -0.3 is 9.72 Å². The molecular weight excluding hydrogens is 340 g/mol. The molecule has 0 aliphatic carbocycles. The first kappa shape index (κ1) is 19.9. The van der Waals surface area contributed by atoms with E-state index in [1.54, 1.807) is 0 Å². The quantitative estimate of drug-likeness (QED) is 0.589. The molecular formula is C15H15F6NO2. The molecule has 3 nitrogen and oxygen atoms in total. The number of methoxy groups -OCH3 is 1. The predicted octanol–water partition coefficient (Wildman–Crippen LogP) is 5.27. The summed E-state index contributed by atoms with van der Waals surface area (Å²) in [7, 11) is 1.21. The van der Waals surface area contributed by atoms with Gasteiger partial charge in [-0.3, -0.25) is 4.79 Å². The highest BCUT2D eigenvalue weighted by Crippen LogP contribution is 2.40. The number of fused-ring (bicyclic) bond motifs is 1. The Morgan fingerprint density at radius 2 is 1.62 bits per heavy atom. The van der Waals surface area contributed by atoms with E-state index in [1.807, 2.05) is 18.8 Å². The Morgan fingerprint density at radius 3 is 2.04 bits per heavy atom. The molecule has 134 valence electrons. The minimum absolute atomic E-state index is 0.0500. The van der Waals surface area contributed by atoms with E-state index < -0.39 is 34.8 Å². The van der Waals surface area contributed by atoms with Crippen LogP contribution in [0.2, 0.25) is 0 Å². The maximum Gasteiger partial charge on any atom is 0.454 e. The second kappa shape index (κ2) is 6.74. The van der Waals surface area contributed by atoms with Crippen LogP contribution in [0.3, 0.4) is 0 Å². The van der Waals surface area contributed by atoms with Crippen LogP contribution < -0.4 is 4.74 Å². The number of rotatable bonds is 2. The lowest BCUT2D eigenvalue weighted by molar-refractivity contribution is -0.141. The van der Waals surface area contributed by atoms with Crippen molar-refractivity contribution in [2.45, 2.75) is 33.1 Å². The van der Waals surface area contributed by atoms with E-state index in [-0.39, 0.29) is 16.8 Å². The van der Waals surface area contributed by atoms with Crippen LogP contribution in [0.1, 0.15) is 35.5 Å². The molecule has 0 unspecified atom stereocenters. The molecule has 1 aromatic carbocycles. The van der Waals surface area contributed by atoms with Gasteiger partial charge in [-0.05, 0) is 24.6 Å². The molecule has 0 aliphatic rings. The van der Waals surface area contributed by atoms with E-state index in [1.165, 1.54) is 20.1 Å². The number of Topliss-reactive ketones (excluding diaryl/α,β-unsaturated/α-hetero) is 1. The SMILES string of the molecule is CC.COc1cc(C)c2[nH]c(C(F)(F)F)c(C(=O)C(F)(F)F)c2c1. The molecule has 0 fully saturated rings. The van der Waals surface area contributed by atoms with Gasteiger partial charge in [0.1, 0.15) is 11.4 Å². The highest BCUT2D eigenvalue weighted by Gasteiger charge is 2.47. The summed E-state index contributed by atoms with van der Waals surface area (Å²) in [4.78, 5) is 13.3. The molecule has 0 amide bonds. The number of halogens is 6. The normalized spacial score (nSPS) is 11.9. The monoisotopic (exact) mass is 355 g/mol. The van der Waals surface area contributed by atoms with Crippen molar-refractivity contribution in [3.05, 3.63) is 29.0 Å². The summed E-state index contributed by atoms with van der Waals surface area (Å²) in [6.45, 7) is 5.39. The molecule has 0 saturated carbocycles. The number of carbonyl (C=O) groups excluding carboxylic acids is 1. The maximum atomic E-state index is 13.0. The van der Waals surface area contributed by atoms with Crippen LogP contribution in [0.15, 0.2) is 12.1 Å². The largest absolute Gasteiger partial charge is 0.497 e. The van der Waals surface area contributed by atoms with Crippen LogP contribution in [0.25, 0.3) is 10.9 Å². The molecule has 2 rings (SSSR count). The summed E-state index contributed by atoms with van der Waals surface area (Å²) in [5.41, 5.74) is -3.14. The van der Waals surface area contributed by atoms with Crippen molar-refractivity contribution in [2.75, 3.05) is 7.11 Å². The second-order valence-electron chi connectivity index (χ2n) is 4.57. The summed E-state index contributed by atoms with van der Waals surface area (Å²) in [6.07, 6.45) is -10.6. The summed E-state index contributed by atoms with van der Waals surface area (Å²) in [5.74, 6) is -2.51. The van der Waals surface area contributed by atoms with E-state index in [4.69, 9.17) is 4.74 Å². The van der Waals surface area contributed by atoms with Gasteiger partial charge in [-0.25, -0.2) is 0 Å². The molecule has 0 radical (unpaired) electrons. The second-order valence-corrected chi connectivity index (χ2v) is 4.57. The number of aryl methyl sites for hydroxylation is 1. The van der Waals surface area contributed by atoms with Gasteiger partial charge in [0, 0.05) is 10.9 Å². The molecule has 24 heavy (non-hydrogen) atoms. The lowest BCUT2D eigenvalue weighted by atomic mass is 10.0. The molecule has 0 atom stereocenters. The Labute approximate surface area is 133 Å². The number of ketones is 1. The Kier molecular flexibility index (Phi) is 5.58. The van der Waals surface area contributed by atoms with Gasteiger partial charge in [0.05, 0.1) is 12.7 Å². The Bertz CT molecular complexity index is 743. The van der Waals surface area contributed by atoms with E-state index in [2.05, 4.69) is 0 Å². The third-order valence-electron chi connectivity index (χ3n) is 3.08. The number of H-pyrrole nitrogens is 1. The van der Waals surface area contributed by atoms with Crippen molar-refractivity contribution in [2.24, 2.45) is 0 Å². The fraction of sp³-hybridized carbons (Fsp3) is 0.400. The van der Waals surface area contributed by atoms with E-state index in [9.17, 15) is 31.1 Å². The van der Waals surface area contributed by atoms with Crippen LogP contribution in [-0.4, -0.2) is 24.1 Å². The lowest BCUT2D eigenvalue weighted by Crippen LogP contribution is -2.25. The summed E-state index contributed by atoms with van der Waals surface area (Å²) < 4.78 is 81.6. The first-order valence-corrected chi connectivity index (χ1v) is 6.86. The van der Waals surface area contributed by atoms with Crippen molar-refractivity contribution < 1.29 is 35.9 Å². The Morgan fingerprint density at radius 1 is 1.08 bits per heavy atom.